The summed E-state index contributed by atoms with van der Waals surface area (Å²) in [4.78, 5) is 11.1. The maximum Gasteiger partial charge on any atom is 0.155 e. The maximum atomic E-state index is 11.1. The largest absolute Gasteiger partial charge is 0.295 e. The highest BCUT2D eigenvalue weighted by Gasteiger charge is 2.30. The van der Waals surface area contributed by atoms with Crippen LogP contribution < -0.4 is 0 Å². The van der Waals surface area contributed by atoms with Gasteiger partial charge in [0.1, 0.15) is 0 Å². The van der Waals surface area contributed by atoms with Crippen LogP contribution in [0.1, 0.15) is 46.5 Å². The summed E-state index contributed by atoms with van der Waals surface area (Å²) in [5.41, 5.74) is 1.81. The van der Waals surface area contributed by atoms with Gasteiger partial charge in [-0.25, -0.2) is 0 Å². The fraction of sp³-hybridized carbons (Fsp3) is 0.562. The van der Waals surface area contributed by atoms with E-state index in [4.69, 9.17) is 0 Å². The van der Waals surface area contributed by atoms with E-state index in [2.05, 4.69) is 45.6 Å². The maximum absolute atomic E-state index is 11.1. The third kappa shape index (κ3) is 3.99. The van der Waals surface area contributed by atoms with Crippen LogP contribution in [0.2, 0.25) is 0 Å². The van der Waals surface area contributed by atoms with Gasteiger partial charge in [0.05, 0.1) is 0 Å². The minimum atomic E-state index is 0.129. The van der Waals surface area contributed by atoms with Gasteiger partial charge < -0.3 is 0 Å². The molecule has 1 aliphatic carbocycles. The minimum Gasteiger partial charge on any atom is -0.295 e. The Kier molecular flexibility index (Phi) is 4.92. The molecule has 0 amide bonds. The van der Waals surface area contributed by atoms with E-state index in [-0.39, 0.29) is 5.78 Å². The SMILES string of the molecule is C=CC(=O)CCC=CC1C(C)=CCCC1(C)C. The number of hydrogen-bond donors (Lipinski definition) is 0. The van der Waals surface area contributed by atoms with E-state index in [9.17, 15) is 4.79 Å². The third-order valence-corrected chi connectivity index (χ3v) is 3.70. The van der Waals surface area contributed by atoms with Gasteiger partial charge in [0.25, 0.3) is 0 Å². The molecule has 1 atom stereocenters. The first kappa shape index (κ1) is 14.0. The zero-order chi connectivity index (χ0) is 12.9. The highest BCUT2D eigenvalue weighted by Crippen LogP contribution is 2.41. The Bertz CT molecular complexity index is 345. The molecule has 94 valence electrons. The molecule has 1 heteroatoms. The number of ketones is 1. The van der Waals surface area contributed by atoms with E-state index in [1.54, 1.807) is 0 Å². The Hall–Kier alpha value is -1.11. The highest BCUT2D eigenvalue weighted by atomic mass is 16.1. The van der Waals surface area contributed by atoms with E-state index in [1.807, 2.05) is 0 Å². The molecule has 1 aliphatic rings. The van der Waals surface area contributed by atoms with Crippen molar-refractivity contribution >= 4 is 5.78 Å². The Labute approximate surface area is 105 Å². The van der Waals surface area contributed by atoms with Crippen LogP contribution in [0.5, 0.6) is 0 Å². The normalized spacial score (nSPS) is 23.5. The van der Waals surface area contributed by atoms with Crippen molar-refractivity contribution in [1.82, 2.24) is 0 Å². The molecule has 17 heavy (non-hydrogen) atoms. The van der Waals surface area contributed by atoms with Crippen LogP contribution in [-0.2, 0) is 4.79 Å². The summed E-state index contributed by atoms with van der Waals surface area (Å²) in [5.74, 6) is 0.653. The lowest BCUT2D eigenvalue weighted by atomic mass is 9.68. The highest BCUT2D eigenvalue weighted by molar-refractivity contribution is 5.89. The van der Waals surface area contributed by atoms with Gasteiger partial charge in [-0.1, -0.05) is 44.2 Å². The van der Waals surface area contributed by atoms with Crippen LogP contribution in [0.4, 0.5) is 0 Å². The smallest absolute Gasteiger partial charge is 0.155 e. The molecule has 1 unspecified atom stereocenters. The lowest BCUT2D eigenvalue weighted by molar-refractivity contribution is -0.114. The molecule has 0 heterocycles. The molecule has 0 radical (unpaired) electrons. The second-order valence-corrected chi connectivity index (χ2v) is 5.59. The van der Waals surface area contributed by atoms with Crippen molar-refractivity contribution in [3.05, 3.63) is 36.5 Å². The summed E-state index contributed by atoms with van der Waals surface area (Å²) >= 11 is 0. The minimum absolute atomic E-state index is 0.129. The first-order chi connectivity index (χ1) is 7.97. The lowest BCUT2D eigenvalue weighted by Crippen LogP contribution is -2.26. The van der Waals surface area contributed by atoms with Gasteiger partial charge in [0.15, 0.2) is 5.78 Å². The van der Waals surface area contributed by atoms with Crippen molar-refractivity contribution in [1.29, 1.82) is 0 Å². The molecule has 0 fully saturated rings. The fourth-order valence-corrected chi connectivity index (χ4v) is 2.54. The van der Waals surface area contributed by atoms with E-state index in [1.165, 1.54) is 24.5 Å². The lowest BCUT2D eigenvalue weighted by Gasteiger charge is -2.36. The van der Waals surface area contributed by atoms with E-state index in [0.29, 0.717) is 17.8 Å². The molecular weight excluding hydrogens is 208 g/mol. The van der Waals surface area contributed by atoms with Crippen LogP contribution in [-0.4, -0.2) is 5.78 Å². The van der Waals surface area contributed by atoms with Crippen LogP contribution >= 0.6 is 0 Å². The van der Waals surface area contributed by atoms with Gasteiger partial charge in [-0.3, -0.25) is 4.79 Å². The van der Waals surface area contributed by atoms with Crippen LogP contribution in [0.25, 0.3) is 0 Å². The summed E-state index contributed by atoms with van der Waals surface area (Å²) in [6, 6.07) is 0. The van der Waals surface area contributed by atoms with E-state index < -0.39 is 0 Å². The summed E-state index contributed by atoms with van der Waals surface area (Å²) in [7, 11) is 0. The van der Waals surface area contributed by atoms with Crippen molar-refractivity contribution in [3.63, 3.8) is 0 Å². The zero-order valence-electron chi connectivity index (χ0n) is 11.3. The van der Waals surface area contributed by atoms with Crippen molar-refractivity contribution in [2.75, 3.05) is 0 Å². The van der Waals surface area contributed by atoms with Crippen molar-refractivity contribution in [2.45, 2.75) is 46.5 Å². The Morgan fingerprint density at radius 1 is 1.59 bits per heavy atom. The molecule has 0 aromatic heterocycles. The quantitative estimate of drug-likeness (QED) is 0.505. The fourth-order valence-electron chi connectivity index (χ4n) is 2.54. The number of allylic oxidation sites excluding steroid dienone is 5. The van der Waals surface area contributed by atoms with Crippen molar-refractivity contribution in [2.24, 2.45) is 11.3 Å². The molecule has 0 bridgehead atoms. The van der Waals surface area contributed by atoms with E-state index in [0.717, 1.165) is 6.42 Å². The molecule has 0 aliphatic heterocycles. The first-order valence-electron chi connectivity index (χ1n) is 6.46. The van der Waals surface area contributed by atoms with Gasteiger partial charge in [-0.05, 0) is 37.7 Å². The predicted molar refractivity (Wildman–Crippen MR) is 73.8 cm³/mol. The standard InChI is InChI=1S/C16H24O/c1-5-14(17)10-6-7-11-15-13(2)9-8-12-16(15,3)4/h5,7,9,11,15H,1,6,8,10,12H2,2-4H3. The third-order valence-electron chi connectivity index (χ3n) is 3.70. The van der Waals surface area contributed by atoms with Crippen LogP contribution in [0, 0.1) is 11.3 Å². The molecule has 0 aromatic carbocycles. The summed E-state index contributed by atoms with van der Waals surface area (Å²) in [6.45, 7) is 10.3. The Morgan fingerprint density at radius 2 is 2.29 bits per heavy atom. The van der Waals surface area contributed by atoms with Crippen molar-refractivity contribution < 1.29 is 4.79 Å². The Morgan fingerprint density at radius 3 is 2.88 bits per heavy atom. The van der Waals surface area contributed by atoms with Crippen LogP contribution in [0.3, 0.4) is 0 Å². The average molecular weight is 232 g/mol. The van der Waals surface area contributed by atoms with Gasteiger partial charge in [0, 0.05) is 12.3 Å². The number of carbonyl (C=O) groups is 1. The first-order valence-corrected chi connectivity index (χ1v) is 6.46. The number of rotatable bonds is 5. The van der Waals surface area contributed by atoms with Gasteiger partial charge in [-0.15, -0.1) is 0 Å². The molecule has 1 rings (SSSR count). The summed E-state index contributed by atoms with van der Waals surface area (Å²) in [6.07, 6.45) is 12.0. The van der Waals surface area contributed by atoms with E-state index >= 15 is 0 Å². The number of hydrogen-bond acceptors (Lipinski definition) is 1. The van der Waals surface area contributed by atoms with Crippen LogP contribution in [0.15, 0.2) is 36.5 Å². The molecular formula is C16H24O. The predicted octanol–water partition coefficient (Wildman–Crippen LogP) is 4.46. The van der Waals surface area contributed by atoms with Gasteiger partial charge >= 0.3 is 0 Å². The average Bonchev–Trinajstić information content (AvgIpc) is 2.26. The summed E-state index contributed by atoms with van der Waals surface area (Å²) in [5, 5.41) is 0. The second kappa shape index (κ2) is 6.00. The molecule has 0 saturated carbocycles. The molecule has 0 N–H and O–H groups in total. The molecule has 1 nitrogen and oxygen atoms in total. The number of carbonyl (C=O) groups excluding carboxylic acids is 1. The Balaban J connectivity index is 2.56. The zero-order valence-corrected chi connectivity index (χ0v) is 11.3. The van der Waals surface area contributed by atoms with Crippen molar-refractivity contribution in [3.8, 4) is 0 Å². The van der Waals surface area contributed by atoms with Gasteiger partial charge in [-0.2, -0.15) is 0 Å². The monoisotopic (exact) mass is 232 g/mol. The van der Waals surface area contributed by atoms with Gasteiger partial charge in [0.2, 0.25) is 0 Å². The summed E-state index contributed by atoms with van der Waals surface area (Å²) < 4.78 is 0. The topological polar surface area (TPSA) is 17.1 Å². The molecule has 0 aromatic rings. The second-order valence-electron chi connectivity index (χ2n) is 5.59. The molecule has 0 saturated heterocycles. The molecule has 0 spiro atoms.